The number of nitrogens with one attached hydrogen (secondary N) is 1. The van der Waals surface area contributed by atoms with Gasteiger partial charge < -0.3 is 15.5 Å². The van der Waals surface area contributed by atoms with Crippen molar-refractivity contribution < 1.29 is 15.0 Å². The Hall–Kier alpha value is -3.47. The lowest BCUT2D eigenvalue weighted by atomic mass is 10.0. The highest BCUT2D eigenvalue weighted by Gasteiger charge is 2.18. The van der Waals surface area contributed by atoms with Crippen LogP contribution in [0.25, 0.3) is 0 Å². The summed E-state index contributed by atoms with van der Waals surface area (Å²) in [6.45, 7) is 4.19. The molecule has 0 heterocycles. The molecule has 2 atom stereocenters. The van der Waals surface area contributed by atoms with Gasteiger partial charge in [-0.1, -0.05) is 289 Å². The van der Waals surface area contributed by atoms with E-state index in [1.54, 1.807) is 6.08 Å². The van der Waals surface area contributed by atoms with Crippen molar-refractivity contribution >= 4 is 5.91 Å². The summed E-state index contributed by atoms with van der Waals surface area (Å²) in [5.74, 6) is -0.0889. The highest BCUT2D eigenvalue weighted by atomic mass is 16.3. The first-order valence-corrected chi connectivity index (χ1v) is 29.9. The zero-order chi connectivity index (χ0) is 51.3. The lowest BCUT2D eigenvalue weighted by molar-refractivity contribution is -0.123. The van der Waals surface area contributed by atoms with Crippen LogP contribution in [0, 0.1) is 0 Å². The number of unbranched alkanes of at least 4 members (excludes halogenated alkanes) is 26. The molecule has 0 aromatic heterocycles. The number of hydrogen-bond donors (Lipinski definition) is 3. The van der Waals surface area contributed by atoms with Crippen molar-refractivity contribution in [1.82, 2.24) is 5.32 Å². The molecule has 0 saturated heterocycles. The van der Waals surface area contributed by atoms with Gasteiger partial charge >= 0.3 is 0 Å². The summed E-state index contributed by atoms with van der Waals surface area (Å²) in [5.41, 5.74) is 0. The molecular formula is C67H113NO3. The van der Waals surface area contributed by atoms with Crippen molar-refractivity contribution in [3.05, 3.63) is 134 Å². The van der Waals surface area contributed by atoms with E-state index >= 15 is 0 Å². The Labute approximate surface area is 441 Å². The van der Waals surface area contributed by atoms with E-state index in [0.717, 1.165) is 103 Å². The zero-order valence-corrected chi connectivity index (χ0v) is 46.4. The van der Waals surface area contributed by atoms with Gasteiger partial charge in [0, 0.05) is 6.42 Å². The fourth-order valence-corrected chi connectivity index (χ4v) is 8.36. The van der Waals surface area contributed by atoms with Gasteiger partial charge in [0.1, 0.15) is 0 Å². The number of hydrogen-bond acceptors (Lipinski definition) is 3. The second kappa shape index (κ2) is 60.8. The summed E-state index contributed by atoms with van der Waals surface area (Å²) < 4.78 is 0. The molecule has 0 aromatic carbocycles. The van der Waals surface area contributed by atoms with Gasteiger partial charge in [-0.2, -0.15) is 0 Å². The van der Waals surface area contributed by atoms with Crippen molar-refractivity contribution in [2.45, 2.75) is 276 Å². The molecule has 4 heteroatoms. The third-order valence-electron chi connectivity index (χ3n) is 12.9. The molecule has 71 heavy (non-hydrogen) atoms. The Kier molecular flexibility index (Phi) is 57.9. The first kappa shape index (κ1) is 67.5. The van der Waals surface area contributed by atoms with Crippen molar-refractivity contribution in [2.24, 2.45) is 0 Å². The molecule has 0 radical (unpaired) electrons. The van der Waals surface area contributed by atoms with E-state index in [1.807, 2.05) is 6.08 Å². The van der Waals surface area contributed by atoms with Gasteiger partial charge in [0.05, 0.1) is 18.8 Å². The molecule has 0 aliphatic rings. The minimum atomic E-state index is -0.878. The van der Waals surface area contributed by atoms with Gasteiger partial charge in [-0.15, -0.1) is 0 Å². The molecular weight excluding hydrogens is 867 g/mol. The van der Waals surface area contributed by atoms with E-state index in [4.69, 9.17) is 0 Å². The van der Waals surface area contributed by atoms with Crippen molar-refractivity contribution in [2.75, 3.05) is 6.61 Å². The van der Waals surface area contributed by atoms with Crippen LogP contribution in [-0.2, 0) is 4.79 Å². The Morgan fingerprint density at radius 2 is 0.634 bits per heavy atom. The number of rotatable bonds is 53. The topological polar surface area (TPSA) is 69.6 Å². The van der Waals surface area contributed by atoms with E-state index in [2.05, 4.69) is 141 Å². The zero-order valence-electron chi connectivity index (χ0n) is 46.4. The number of carbonyl (C=O) groups is 1. The van der Waals surface area contributed by atoms with Crippen LogP contribution in [0.1, 0.15) is 264 Å². The van der Waals surface area contributed by atoms with Crippen LogP contribution in [0.3, 0.4) is 0 Å². The predicted octanol–water partition coefficient (Wildman–Crippen LogP) is 20.2. The molecule has 4 nitrogen and oxygen atoms in total. The molecule has 0 fully saturated rings. The molecule has 0 aromatic rings. The second-order valence-corrected chi connectivity index (χ2v) is 19.7. The van der Waals surface area contributed by atoms with Crippen LogP contribution in [0.5, 0.6) is 0 Å². The van der Waals surface area contributed by atoms with Crippen LogP contribution in [0.2, 0.25) is 0 Å². The number of allylic oxidation sites excluding steroid dienone is 21. The summed E-state index contributed by atoms with van der Waals surface area (Å²) in [6, 6.07) is -0.656. The third-order valence-corrected chi connectivity index (χ3v) is 12.9. The summed E-state index contributed by atoms with van der Waals surface area (Å²) >= 11 is 0. The van der Waals surface area contributed by atoms with Gasteiger partial charge in [0.15, 0.2) is 0 Å². The van der Waals surface area contributed by atoms with Crippen LogP contribution in [0.15, 0.2) is 134 Å². The first-order valence-electron chi connectivity index (χ1n) is 29.9. The monoisotopic (exact) mass is 980 g/mol. The molecule has 0 spiro atoms. The maximum absolute atomic E-state index is 12.5. The Balaban J connectivity index is 3.65. The van der Waals surface area contributed by atoms with Crippen molar-refractivity contribution in [3.63, 3.8) is 0 Å². The summed E-state index contributed by atoms with van der Waals surface area (Å²) in [7, 11) is 0. The van der Waals surface area contributed by atoms with E-state index in [9.17, 15) is 15.0 Å². The average molecular weight is 981 g/mol. The molecule has 1 amide bonds. The van der Waals surface area contributed by atoms with Gasteiger partial charge in [0.25, 0.3) is 0 Å². The van der Waals surface area contributed by atoms with E-state index in [0.29, 0.717) is 6.42 Å². The molecule has 3 N–H and O–H groups in total. The minimum Gasteiger partial charge on any atom is -0.394 e. The van der Waals surface area contributed by atoms with E-state index in [-0.39, 0.29) is 12.5 Å². The maximum atomic E-state index is 12.5. The molecule has 0 bridgehead atoms. The Bertz CT molecular complexity index is 1440. The minimum absolute atomic E-state index is 0.0889. The maximum Gasteiger partial charge on any atom is 0.220 e. The highest BCUT2D eigenvalue weighted by Crippen LogP contribution is 2.15. The Morgan fingerprint density at radius 1 is 0.352 bits per heavy atom. The number of amides is 1. The van der Waals surface area contributed by atoms with Gasteiger partial charge in [-0.3, -0.25) is 4.79 Å². The average Bonchev–Trinajstić information content (AvgIpc) is 3.37. The third kappa shape index (κ3) is 57.3. The second-order valence-electron chi connectivity index (χ2n) is 19.7. The molecule has 0 saturated carbocycles. The summed E-state index contributed by atoms with van der Waals surface area (Å²) in [5, 5.41) is 23.2. The molecule has 0 aliphatic carbocycles. The van der Waals surface area contributed by atoms with Gasteiger partial charge in [0.2, 0.25) is 5.91 Å². The quantitative estimate of drug-likeness (QED) is 0.0420. The SMILES string of the molecule is CC/C=C\C/C=C\C/C=C\C/C=C\C/C=C\C/C=C\C/C=C\C/C=C\C/C=C\CCCCCCCCCC(=O)NC(CO)C(O)/C=C/CC/C=C/CCCCCCCCCCCCCCCCCCCC. The van der Waals surface area contributed by atoms with E-state index in [1.165, 1.54) is 141 Å². The van der Waals surface area contributed by atoms with Gasteiger partial charge in [-0.05, 0) is 103 Å². The van der Waals surface area contributed by atoms with Crippen LogP contribution >= 0.6 is 0 Å². The Morgan fingerprint density at radius 3 is 0.986 bits per heavy atom. The van der Waals surface area contributed by atoms with Crippen molar-refractivity contribution in [3.8, 4) is 0 Å². The number of aliphatic hydroxyl groups excluding tert-OH is 2. The molecule has 0 aliphatic heterocycles. The smallest absolute Gasteiger partial charge is 0.220 e. The van der Waals surface area contributed by atoms with Gasteiger partial charge in [-0.25, -0.2) is 0 Å². The van der Waals surface area contributed by atoms with Crippen LogP contribution < -0.4 is 5.32 Å². The molecule has 2 unspecified atom stereocenters. The number of carbonyl (C=O) groups excluding carboxylic acids is 1. The first-order chi connectivity index (χ1) is 35.2. The van der Waals surface area contributed by atoms with Crippen LogP contribution in [0.4, 0.5) is 0 Å². The summed E-state index contributed by atoms with van der Waals surface area (Å²) in [6.07, 6.45) is 94.7. The normalized spacial score (nSPS) is 13.8. The molecule has 0 rings (SSSR count). The lowest BCUT2D eigenvalue weighted by Gasteiger charge is -2.19. The van der Waals surface area contributed by atoms with Crippen LogP contribution in [-0.4, -0.2) is 34.9 Å². The highest BCUT2D eigenvalue weighted by molar-refractivity contribution is 5.76. The number of aliphatic hydroxyl groups is 2. The molecule has 404 valence electrons. The summed E-state index contributed by atoms with van der Waals surface area (Å²) in [4.78, 5) is 12.5. The van der Waals surface area contributed by atoms with Crippen molar-refractivity contribution in [1.29, 1.82) is 0 Å². The van der Waals surface area contributed by atoms with E-state index < -0.39 is 12.1 Å². The predicted molar refractivity (Wildman–Crippen MR) is 317 cm³/mol. The largest absolute Gasteiger partial charge is 0.394 e. The fourth-order valence-electron chi connectivity index (χ4n) is 8.36. The fraction of sp³-hybridized carbons (Fsp3) is 0.657. The standard InChI is InChI=1S/C67H113NO3/c1-3-5-7-9-11-13-15-17-19-21-23-25-27-29-30-31-32-33-34-35-36-37-38-39-41-43-45-47-49-51-53-55-57-59-61-63-67(71)68-65(64-69)66(70)62-60-58-56-54-52-50-48-46-44-42-40-28-26-24-22-20-18-16-14-12-10-8-6-4-2/h5,7,11,13,17,19,23,25,29-30,32-33,35-36,38-39,43,45,52,54,60,62,65-66,69-70H,3-4,6,8-10,12,14-16,18,20-22,24,26-28,31,34,37,40-42,44,46-51,53,55-59,61,63-64H2,1-2H3,(H,68,71)/b7-5-,13-11-,19-17-,25-23-,30-29-,33-32-,36-35-,39-38-,45-43-,54-52+,62-60+. The lowest BCUT2D eigenvalue weighted by Crippen LogP contribution is -2.45.